The van der Waals surface area contributed by atoms with E-state index in [1.54, 1.807) is 0 Å². The first kappa shape index (κ1) is 19.9. The molecule has 1 saturated heterocycles. The molecule has 28 heavy (non-hydrogen) atoms. The SMILES string of the molecule is Cc1ccc(OCC(=O)NC2CCN(C(=O)c3ccc(C)c(C)c3)CC2)cc1. The number of ether oxygens (including phenoxy) is 1. The van der Waals surface area contributed by atoms with E-state index in [1.807, 2.05) is 68.1 Å². The number of likely N-dealkylation sites (tertiary alicyclic amines) is 1. The van der Waals surface area contributed by atoms with E-state index in [9.17, 15) is 9.59 Å². The molecule has 0 aromatic heterocycles. The van der Waals surface area contributed by atoms with Crippen molar-refractivity contribution in [1.29, 1.82) is 0 Å². The number of hydrogen-bond acceptors (Lipinski definition) is 3. The zero-order chi connectivity index (χ0) is 20.1. The predicted molar refractivity (Wildman–Crippen MR) is 110 cm³/mol. The molecule has 0 spiro atoms. The minimum atomic E-state index is -0.125. The normalized spacial score (nSPS) is 14.6. The second-order valence-electron chi connectivity index (χ2n) is 7.53. The van der Waals surface area contributed by atoms with E-state index in [4.69, 9.17) is 4.74 Å². The molecule has 0 bridgehead atoms. The quantitative estimate of drug-likeness (QED) is 0.865. The van der Waals surface area contributed by atoms with Gasteiger partial charge in [-0.1, -0.05) is 23.8 Å². The summed E-state index contributed by atoms with van der Waals surface area (Å²) in [5, 5.41) is 3.01. The van der Waals surface area contributed by atoms with Crippen LogP contribution in [0.1, 0.15) is 39.9 Å². The summed E-state index contributed by atoms with van der Waals surface area (Å²) in [6.07, 6.45) is 1.51. The predicted octanol–water partition coefficient (Wildman–Crippen LogP) is 3.41. The van der Waals surface area contributed by atoms with Gasteiger partial charge in [0.05, 0.1) is 0 Å². The van der Waals surface area contributed by atoms with Gasteiger partial charge in [-0.15, -0.1) is 0 Å². The van der Waals surface area contributed by atoms with E-state index >= 15 is 0 Å². The first-order valence-electron chi connectivity index (χ1n) is 9.78. The lowest BCUT2D eigenvalue weighted by Gasteiger charge is -2.32. The van der Waals surface area contributed by atoms with Crippen LogP contribution in [0.4, 0.5) is 0 Å². The highest BCUT2D eigenvalue weighted by Gasteiger charge is 2.24. The number of carbonyl (C=O) groups is 2. The maximum atomic E-state index is 12.7. The average Bonchev–Trinajstić information content (AvgIpc) is 2.70. The Kier molecular flexibility index (Phi) is 6.34. The summed E-state index contributed by atoms with van der Waals surface area (Å²) >= 11 is 0. The molecular formula is C23H28N2O3. The number of amides is 2. The molecule has 1 aliphatic heterocycles. The monoisotopic (exact) mass is 380 g/mol. The van der Waals surface area contributed by atoms with Gasteiger partial charge in [0.15, 0.2) is 6.61 Å². The highest BCUT2D eigenvalue weighted by molar-refractivity contribution is 5.94. The Bertz CT molecular complexity index is 837. The van der Waals surface area contributed by atoms with Gasteiger partial charge in [-0.05, 0) is 69.0 Å². The van der Waals surface area contributed by atoms with E-state index < -0.39 is 0 Å². The highest BCUT2D eigenvalue weighted by atomic mass is 16.5. The van der Waals surface area contributed by atoms with E-state index in [0.29, 0.717) is 18.8 Å². The molecule has 1 heterocycles. The van der Waals surface area contributed by atoms with Crippen LogP contribution in [0.2, 0.25) is 0 Å². The number of benzene rings is 2. The summed E-state index contributed by atoms with van der Waals surface area (Å²) in [7, 11) is 0. The van der Waals surface area contributed by atoms with Crippen LogP contribution in [0.15, 0.2) is 42.5 Å². The average molecular weight is 380 g/mol. The molecule has 1 aliphatic rings. The van der Waals surface area contributed by atoms with Crippen molar-refractivity contribution < 1.29 is 14.3 Å². The fourth-order valence-corrected chi connectivity index (χ4v) is 3.34. The molecule has 2 amide bonds. The largest absolute Gasteiger partial charge is 0.484 e. The third kappa shape index (κ3) is 5.12. The maximum absolute atomic E-state index is 12.7. The zero-order valence-corrected chi connectivity index (χ0v) is 16.8. The Hall–Kier alpha value is -2.82. The first-order valence-corrected chi connectivity index (χ1v) is 9.78. The maximum Gasteiger partial charge on any atom is 0.258 e. The number of hydrogen-bond donors (Lipinski definition) is 1. The Morgan fingerprint density at radius 1 is 1.00 bits per heavy atom. The number of nitrogens with one attached hydrogen (secondary N) is 1. The molecule has 2 aromatic carbocycles. The summed E-state index contributed by atoms with van der Waals surface area (Å²) in [4.78, 5) is 26.7. The van der Waals surface area contributed by atoms with Crippen molar-refractivity contribution in [2.75, 3.05) is 19.7 Å². The Balaban J connectivity index is 1.44. The second kappa shape index (κ2) is 8.91. The lowest BCUT2D eigenvalue weighted by Crippen LogP contribution is -2.47. The van der Waals surface area contributed by atoms with Gasteiger partial charge in [-0.25, -0.2) is 0 Å². The summed E-state index contributed by atoms with van der Waals surface area (Å²) in [5.41, 5.74) is 4.20. The van der Waals surface area contributed by atoms with Gasteiger partial charge in [0.25, 0.3) is 11.8 Å². The molecule has 0 atom stereocenters. The standard InChI is InChI=1S/C23H28N2O3/c1-16-4-8-21(9-5-16)28-15-22(26)24-20-10-12-25(13-11-20)23(27)19-7-6-17(2)18(3)14-19/h4-9,14,20H,10-13,15H2,1-3H3,(H,24,26). The molecule has 5 heteroatoms. The third-order valence-corrected chi connectivity index (χ3v) is 5.29. The second-order valence-corrected chi connectivity index (χ2v) is 7.53. The highest BCUT2D eigenvalue weighted by Crippen LogP contribution is 2.17. The fourth-order valence-electron chi connectivity index (χ4n) is 3.34. The van der Waals surface area contributed by atoms with Gasteiger partial charge in [0.2, 0.25) is 0 Å². The zero-order valence-electron chi connectivity index (χ0n) is 16.8. The molecule has 5 nitrogen and oxygen atoms in total. The van der Waals surface area contributed by atoms with Crippen LogP contribution in [0.5, 0.6) is 5.75 Å². The van der Waals surface area contributed by atoms with Crippen LogP contribution in [-0.4, -0.2) is 42.5 Å². The van der Waals surface area contributed by atoms with Crippen LogP contribution in [0.3, 0.4) is 0 Å². The van der Waals surface area contributed by atoms with Crippen molar-refractivity contribution in [3.8, 4) is 5.75 Å². The van der Waals surface area contributed by atoms with Crippen molar-refractivity contribution in [2.45, 2.75) is 39.7 Å². The Morgan fingerprint density at radius 2 is 1.68 bits per heavy atom. The van der Waals surface area contributed by atoms with E-state index in [-0.39, 0.29) is 24.5 Å². The minimum absolute atomic E-state index is 0.00481. The molecule has 1 fully saturated rings. The molecule has 0 saturated carbocycles. The number of aryl methyl sites for hydroxylation is 3. The fraction of sp³-hybridized carbons (Fsp3) is 0.391. The van der Waals surface area contributed by atoms with Crippen molar-refractivity contribution in [3.63, 3.8) is 0 Å². The first-order chi connectivity index (χ1) is 13.4. The Labute approximate surface area is 166 Å². The summed E-state index contributed by atoms with van der Waals surface area (Å²) in [6.45, 7) is 7.37. The molecule has 1 N–H and O–H groups in total. The Morgan fingerprint density at radius 3 is 2.32 bits per heavy atom. The van der Waals surface area contributed by atoms with Gasteiger partial charge in [0, 0.05) is 24.7 Å². The van der Waals surface area contributed by atoms with Crippen LogP contribution >= 0.6 is 0 Å². The third-order valence-electron chi connectivity index (χ3n) is 5.29. The van der Waals surface area contributed by atoms with E-state index in [0.717, 1.165) is 29.5 Å². The van der Waals surface area contributed by atoms with Crippen molar-refractivity contribution >= 4 is 11.8 Å². The van der Waals surface area contributed by atoms with Crippen molar-refractivity contribution in [3.05, 3.63) is 64.7 Å². The van der Waals surface area contributed by atoms with E-state index in [2.05, 4.69) is 5.32 Å². The topological polar surface area (TPSA) is 58.6 Å². The van der Waals surface area contributed by atoms with Crippen LogP contribution in [-0.2, 0) is 4.79 Å². The molecule has 3 rings (SSSR count). The lowest BCUT2D eigenvalue weighted by atomic mass is 10.0. The molecule has 0 radical (unpaired) electrons. The van der Waals surface area contributed by atoms with Gasteiger partial charge in [0.1, 0.15) is 5.75 Å². The molecule has 0 unspecified atom stereocenters. The van der Waals surface area contributed by atoms with Gasteiger partial charge in [-0.3, -0.25) is 9.59 Å². The number of nitrogens with zero attached hydrogens (tertiary/aromatic N) is 1. The summed E-state index contributed by atoms with van der Waals surface area (Å²) in [6, 6.07) is 13.5. The molecule has 2 aromatic rings. The van der Waals surface area contributed by atoms with Gasteiger partial charge >= 0.3 is 0 Å². The number of piperidine rings is 1. The van der Waals surface area contributed by atoms with Crippen molar-refractivity contribution in [1.82, 2.24) is 10.2 Å². The molecular weight excluding hydrogens is 352 g/mol. The van der Waals surface area contributed by atoms with E-state index in [1.165, 1.54) is 5.56 Å². The lowest BCUT2D eigenvalue weighted by molar-refractivity contribution is -0.124. The van der Waals surface area contributed by atoms with Crippen LogP contribution in [0.25, 0.3) is 0 Å². The smallest absolute Gasteiger partial charge is 0.258 e. The van der Waals surface area contributed by atoms with Crippen LogP contribution < -0.4 is 10.1 Å². The minimum Gasteiger partial charge on any atom is -0.484 e. The van der Waals surface area contributed by atoms with Gasteiger partial charge in [-0.2, -0.15) is 0 Å². The summed E-state index contributed by atoms with van der Waals surface area (Å²) in [5.74, 6) is 0.629. The number of rotatable bonds is 5. The van der Waals surface area contributed by atoms with Crippen LogP contribution in [0, 0.1) is 20.8 Å². The summed E-state index contributed by atoms with van der Waals surface area (Å²) < 4.78 is 5.53. The van der Waals surface area contributed by atoms with Gasteiger partial charge < -0.3 is 15.0 Å². The molecule has 148 valence electrons. The molecule has 0 aliphatic carbocycles. The number of carbonyl (C=O) groups excluding carboxylic acids is 2. The van der Waals surface area contributed by atoms with Crippen molar-refractivity contribution in [2.24, 2.45) is 0 Å².